The summed E-state index contributed by atoms with van der Waals surface area (Å²) >= 11 is 5.94. The fourth-order valence-corrected chi connectivity index (χ4v) is 1.90. The number of ether oxygens (including phenoxy) is 1. The summed E-state index contributed by atoms with van der Waals surface area (Å²) in [5.41, 5.74) is 6.47. The molecule has 0 saturated carbocycles. The summed E-state index contributed by atoms with van der Waals surface area (Å²) in [6.45, 7) is 2.11. The van der Waals surface area contributed by atoms with Crippen molar-refractivity contribution in [2.45, 2.75) is 19.1 Å². The molecule has 19 heavy (non-hydrogen) atoms. The van der Waals surface area contributed by atoms with Gasteiger partial charge < -0.3 is 15.4 Å². The van der Waals surface area contributed by atoms with Gasteiger partial charge in [-0.25, -0.2) is 0 Å². The number of methoxy groups -OCH3 is 1. The van der Waals surface area contributed by atoms with Crippen molar-refractivity contribution >= 4 is 29.9 Å². The second kappa shape index (κ2) is 8.38. The molecule has 6 heteroatoms. The lowest BCUT2D eigenvalue weighted by atomic mass is 10.1. The first-order chi connectivity index (χ1) is 8.51. The zero-order valence-corrected chi connectivity index (χ0v) is 12.9. The van der Waals surface area contributed by atoms with E-state index in [9.17, 15) is 4.79 Å². The van der Waals surface area contributed by atoms with E-state index in [-0.39, 0.29) is 30.9 Å². The second-order valence-corrected chi connectivity index (χ2v) is 4.58. The molecule has 2 unspecified atom stereocenters. The Morgan fingerprint density at radius 1 is 1.53 bits per heavy atom. The molecule has 108 valence electrons. The Bertz CT molecular complexity index is 411. The third-order valence-electron chi connectivity index (χ3n) is 3.03. The average molecular weight is 307 g/mol. The number of likely N-dealkylation sites (N-methyl/N-ethyl adjacent to an activating group) is 1. The first kappa shape index (κ1) is 18.2. The molecule has 1 aromatic rings. The molecular weight excluding hydrogens is 287 g/mol. The minimum absolute atomic E-state index is 0. The van der Waals surface area contributed by atoms with E-state index in [1.807, 2.05) is 25.1 Å². The van der Waals surface area contributed by atoms with E-state index in [0.717, 1.165) is 5.56 Å². The van der Waals surface area contributed by atoms with Gasteiger partial charge in [0, 0.05) is 25.7 Å². The third kappa shape index (κ3) is 4.66. The Morgan fingerprint density at radius 2 is 2.16 bits per heavy atom. The highest BCUT2D eigenvalue weighted by molar-refractivity contribution is 6.30. The Hall–Kier alpha value is -0.810. The molecule has 1 rings (SSSR count). The highest BCUT2D eigenvalue weighted by Gasteiger charge is 2.24. The molecule has 2 N–H and O–H groups in total. The lowest BCUT2D eigenvalue weighted by Crippen LogP contribution is -2.42. The Morgan fingerprint density at radius 3 is 2.63 bits per heavy atom. The Kier molecular flexibility index (Phi) is 8.02. The van der Waals surface area contributed by atoms with Crippen molar-refractivity contribution in [1.82, 2.24) is 4.90 Å². The fourth-order valence-electron chi connectivity index (χ4n) is 1.71. The van der Waals surface area contributed by atoms with Crippen LogP contribution in [0.25, 0.3) is 0 Å². The molecule has 0 aromatic heterocycles. The smallest absolute Gasteiger partial charge is 0.253 e. The van der Waals surface area contributed by atoms with Gasteiger partial charge in [0.2, 0.25) is 0 Å². The molecule has 0 fully saturated rings. The van der Waals surface area contributed by atoms with Gasteiger partial charge in [0.1, 0.15) is 6.10 Å². The van der Waals surface area contributed by atoms with Crippen molar-refractivity contribution in [2.24, 2.45) is 5.73 Å². The summed E-state index contributed by atoms with van der Waals surface area (Å²) in [4.78, 5) is 13.7. The van der Waals surface area contributed by atoms with E-state index in [0.29, 0.717) is 5.02 Å². The predicted molar refractivity (Wildman–Crippen MR) is 79.7 cm³/mol. The highest BCUT2D eigenvalue weighted by atomic mass is 35.5. The number of nitrogens with two attached hydrogens (primary N) is 1. The van der Waals surface area contributed by atoms with Crippen LogP contribution >= 0.6 is 24.0 Å². The molecule has 0 aliphatic carbocycles. The number of amides is 1. The van der Waals surface area contributed by atoms with E-state index < -0.39 is 6.10 Å². The quantitative estimate of drug-likeness (QED) is 0.908. The molecule has 0 radical (unpaired) electrons. The molecule has 0 saturated heterocycles. The van der Waals surface area contributed by atoms with Crippen LogP contribution in [0.15, 0.2) is 24.3 Å². The van der Waals surface area contributed by atoms with Gasteiger partial charge in [-0.2, -0.15) is 0 Å². The second-order valence-electron chi connectivity index (χ2n) is 4.14. The van der Waals surface area contributed by atoms with Crippen LogP contribution in [0.4, 0.5) is 0 Å². The molecule has 0 aliphatic rings. The van der Waals surface area contributed by atoms with Crippen molar-refractivity contribution in [2.75, 3.05) is 20.7 Å². The standard InChI is InChI=1S/C13H19ClN2O2.ClH/c1-9(10-5-4-6-11(14)7-10)16(2)13(17)12(8-15)18-3;/h4-7,9,12H,8,15H2,1-3H3;1H. The summed E-state index contributed by atoms with van der Waals surface area (Å²) in [7, 11) is 3.21. The van der Waals surface area contributed by atoms with Crippen LogP contribution in [-0.2, 0) is 9.53 Å². The van der Waals surface area contributed by atoms with Gasteiger partial charge in [-0.3, -0.25) is 4.79 Å². The van der Waals surface area contributed by atoms with Crippen LogP contribution in [0.1, 0.15) is 18.5 Å². The molecule has 0 bridgehead atoms. The van der Waals surface area contributed by atoms with E-state index in [1.54, 1.807) is 18.0 Å². The highest BCUT2D eigenvalue weighted by Crippen LogP contribution is 2.22. The average Bonchev–Trinajstić information content (AvgIpc) is 2.38. The van der Waals surface area contributed by atoms with Gasteiger partial charge in [0.15, 0.2) is 0 Å². The molecule has 1 amide bonds. The number of rotatable bonds is 5. The van der Waals surface area contributed by atoms with Gasteiger partial charge >= 0.3 is 0 Å². The minimum atomic E-state index is -0.600. The number of carbonyl (C=O) groups excluding carboxylic acids is 1. The Labute approximate surface area is 125 Å². The Balaban J connectivity index is 0.00000324. The van der Waals surface area contributed by atoms with Crippen molar-refractivity contribution in [1.29, 1.82) is 0 Å². The van der Waals surface area contributed by atoms with Gasteiger partial charge in [0.25, 0.3) is 5.91 Å². The topological polar surface area (TPSA) is 55.6 Å². The SMILES string of the molecule is COC(CN)C(=O)N(C)C(C)c1cccc(Cl)c1.Cl. The molecule has 2 atom stereocenters. The number of benzene rings is 1. The predicted octanol–water partition coefficient (Wildman–Crippen LogP) is 2.25. The number of carbonyl (C=O) groups is 1. The van der Waals surface area contributed by atoms with E-state index in [1.165, 1.54) is 7.11 Å². The van der Waals surface area contributed by atoms with Gasteiger partial charge in [-0.1, -0.05) is 23.7 Å². The van der Waals surface area contributed by atoms with Crippen LogP contribution in [0.5, 0.6) is 0 Å². The van der Waals surface area contributed by atoms with E-state index in [2.05, 4.69) is 0 Å². The maximum atomic E-state index is 12.1. The monoisotopic (exact) mass is 306 g/mol. The maximum absolute atomic E-state index is 12.1. The van der Waals surface area contributed by atoms with Gasteiger partial charge in [-0.15, -0.1) is 12.4 Å². The normalized spacial score (nSPS) is 13.3. The summed E-state index contributed by atoms with van der Waals surface area (Å²) < 4.78 is 5.05. The van der Waals surface area contributed by atoms with Crippen LogP contribution in [0, 0.1) is 0 Å². The van der Waals surface area contributed by atoms with Crippen molar-refractivity contribution in [3.05, 3.63) is 34.9 Å². The maximum Gasteiger partial charge on any atom is 0.253 e. The van der Waals surface area contributed by atoms with Crippen molar-refractivity contribution < 1.29 is 9.53 Å². The summed E-state index contributed by atoms with van der Waals surface area (Å²) in [6.07, 6.45) is -0.600. The fraction of sp³-hybridized carbons (Fsp3) is 0.462. The lowest BCUT2D eigenvalue weighted by Gasteiger charge is -2.28. The van der Waals surface area contributed by atoms with Crippen LogP contribution in [0.2, 0.25) is 5.02 Å². The molecule has 0 heterocycles. The van der Waals surface area contributed by atoms with Crippen LogP contribution in [0.3, 0.4) is 0 Å². The third-order valence-corrected chi connectivity index (χ3v) is 3.27. The van der Waals surface area contributed by atoms with Crippen molar-refractivity contribution in [3.63, 3.8) is 0 Å². The van der Waals surface area contributed by atoms with E-state index in [4.69, 9.17) is 22.1 Å². The number of nitrogens with zero attached hydrogens (tertiary/aromatic N) is 1. The number of hydrogen-bond donors (Lipinski definition) is 1. The van der Waals surface area contributed by atoms with Crippen LogP contribution < -0.4 is 5.73 Å². The zero-order valence-electron chi connectivity index (χ0n) is 11.3. The minimum Gasteiger partial charge on any atom is -0.370 e. The van der Waals surface area contributed by atoms with Gasteiger partial charge in [0.05, 0.1) is 6.04 Å². The molecule has 0 aliphatic heterocycles. The summed E-state index contributed by atoms with van der Waals surface area (Å²) in [5, 5.41) is 0.655. The van der Waals surface area contributed by atoms with Crippen molar-refractivity contribution in [3.8, 4) is 0 Å². The zero-order chi connectivity index (χ0) is 13.7. The first-order valence-electron chi connectivity index (χ1n) is 5.76. The molecule has 1 aromatic carbocycles. The summed E-state index contributed by atoms with van der Waals surface area (Å²) in [6, 6.07) is 7.37. The van der Waals surface area contributed by atoms with Gasteiger partial charge in [-0.05, 0) is 24.6 Å². The van der Waals surface area contributed by atoms with Crippen LogP contribution in [-0.4, -0.2) is 37.6 Å². The molecular formula is C13H20Cl2N2O2. The number of halogens is 2. The lowest BCUT2D eigenvalue weighted by molar-refractivity contribution is -0.142. The molecule has 4 nitrogen and oxygen atoms in total. The number of hydrogen-bond acceptors (Lipinski definition) is 3. The first-order valence-corrected chi connectivity index (χ1v) is 6.14. The molecule has 0 spiro atoms. The van der Waals surface area contributed by atoms with E-state index >= 15 is 0 Å². The largest absolute Gasteiger partial charge is 0.370 e. The summed E-state index contributed by atoms with van der Waals surface area (Å²) in [5.74, 6) is -0.132.